The Morgan fingerprint density at radius 1 is 1.45 bits per heavy atom. The number of hydrogen-bond acceptors (Lipinski definition) is 4. The Balaban J connectivity index is 0.00000242. The van der Waals surface area contributed by atoms with Crippen LogP contribution in [0.4, 0.5) is 4.39 Å². The van der Waals surface area contributed by atoms with Crippen LogP contribution in [0, 0.1) is 5.82 Å². The predicted octanol–water partition coefficient (Wildman–Crippen LogP) is 1.35. The largest absolute Gasteiger partial charge is 0.344 e. The molecule has 2 aromatic rings. The first-order valence-corrected chi connectivity index (χ1v) is 6.57. The van der Waals surface area contributed by atoms with Gasteiger partial charge in [-0.3, -0.25) is 4.79 Å². The molecule has 8 heteroatoms. The van der Waals surface area contributed by atoms with Gasteiger partial charge >= 0.3 is 0 Å². The fourth-order valence-electron chi connectivity index (χ4n) is 1.72. The van der Waals surface area contributed by atoms with Crippen LogP contribution in [0.25, 0.3) is 0 Å². The Morgan fingerprint density at radius 3 is 2.82 bits per heavy atom. The highest BCUT2D eigenvalue weighted by molar-refractivity contribution is 5.92. The average molecular weight is 328 g/mol. The van der Waals surface area contributed by atoms with Crippen molar-refractivity contribution in [3.63, 3.8) is 0 Å². The van der Waals surface area contributed by atoms with E-state index in [-0.39, 0.29) is 29.8 Å². The third kappa shape index (κ3) is 4.78. The van der Waals surface area contributed by atoms with E-state index >= 15 is 0 Å². The van der Waals surface area contributed by atoms with Gasteiger partial charge in [-0.1, -0.05) is 17.3 Å². The lowest BCUT2D eigenvalue weighted by molar-refractivity contribution is 0.0910. The van der Waals surface area contributed by atoms with Crippen LogP contribution in [0.3, 0.4) is 0 Å². The predicted molar refractivity (Wildman–Crippen MR) is 83.4 cm³/mol. The summed E-state index contributed by atoms with van der Waals surface area (Å²) in [4.78, 5) is 12.0. The van der Waals surface area contributed by atoms with Crippen molar-refractivity contribution in [3.8, 4) is 0 Å². The third-order valence-corrected chi connectivity index (χ3v) is 2.97. The summed E-state index contributed by atoms with van der Waals surface area (Å²) in [7, 11) is 0. The van der Waals surface area contributed by atoms with Crippen molar-refractivity contribution in [2.24, 2.45) is 5.73 Å². The molecule has 0 aliphatic heterocycles. The minimum atomic E-state index is -0.510. The Kier molecular flexibility index (Phi) is 6.01. The summed E-state index contributed by atoms with van der Waals surface area (Å²) in [6.07, 6.45) is 1.52. The molecule has 1 aromatic carbocycles. The number of benzene rings is 1. The molecule has 0 saturated carbocycles. The summed E-state index contributed by atoms with van der Waals surface area (Å²) in [5.74, 6) is -0.647. The summed E-state index contributed by atoms with van der Waals surface area (Å²) in [6, 6.07) is 6.19. The molecule has 0 unspecified atom stereocenters. The van der Waals surface area contributed by atoms with Crippen molar-refractivity contribution in [3.05, 3.63) is 47.5 Å². The number of hydrogen-bond donors (Lipinski definition) is 2. The number of amides is 1. The van der Waals surface area contributed by atoms with Gasteiger partial charge in [-0.25, -0.2) is 9.07 Å². The quantitative estimate of drug-likeness (QED) is 0.868. The van der Waals surface area contributed by atoms with E-state index in [1.54, 1.807) is 12.1 Å². The molecule has 0 aliphatic carbocycles. The second kappa shape index (κ2) is 7.33. The minimum Gasteiger partial charge on any atom is -0.344 e. The maximum atomic E-state index is 13.1. The second-order valence-corrected chi connectivity index (χ2v) is 5.47. The molecule has 1 amide bonds. The second-order valence-electron chi connectivity index (χ2n) is 5.47. The summed E-state index contributed by atoms with van der Waals surface area (Å²) in [6.45, 7) is 4.30. The van der Waals surface area contributed by atoms with Crippen molar-refractivity contribution in [1.29, 1.82) is 0 Å². The van der Waals surface area contributed by atoms with Crippen LogP contribution in [0.2, 0.25) is 0 Å². The van der Waals surface area contributed by atoms with Gasteiger partial charge in [0.2, 0.25) is 0 Å². The molecule has 0 atom stereocenters. The van der Waals surface area contributed by atoms with E-state index in [2.05, 4.69) is 15.6 Å². The maximum Gasteiger partial charge on any atom is 0.273 e. The number of nitrogens with one attached hydrogen (secondary N) is 1. The number of halogens is 2. The van der Waals surface area contributed by atoms with Gasteiger partial charge in [0, 0.05) is 12.1 Å². The molecule has 1 heterocycles. The molecular weight excluding hydrogens is 309 g/mol. The van der Waals surface area contributed by atoms with Crippen LogP contribution >= 0.6 is 12.4 Å². The Hall–Kier alpha value is -1.99. The van der Waals surface area contributed by atoms with E-state index in [9.17, 15) is 9.18 Å². The molecule has 0 spiro atoms. The molecule has 3 N–H and O–H groups in total. The van der Waals surface area contributed by atoms with E-state index in [0.717, 1.165) is 5.56 Å². The van der Waals surface area contributed by atoms with Gasteiger partial charge < -0.3 is 11.1 Å². The SMILES string of the molecule is CC(C)(CN)NC(=O)c1cn(Cc2cccc(F)c2)nn1.Cl. The van der Waals surface area contributed by atoms with Crippen LogP contribution in [-0.4, -0.2) is 33.0 Å². The number of nitrogens with zero attached hydrogens (tertiary/aromatic N) is 3. The van der Waals surface area contributed by atoms with Gasteiger partial charge in [0.15, 0.2) is 5.69 Å². The Bertz CT molecular complexity index is 644. The van der Waals surface area contributed by atoms with Gasteiger partial charge in [-0.05, 0) is 31.5 Å². The molecule has 120 valence electrons. The fourth-order valence-corrected chi connectivity index (χ4v) is 1.72. The summed E-state index contributed by atoms with van der Waals surface area (Å²) in [5.41, 5.74) is 6.00. The van der Waals surface area contributed by atoms with Crippen LogP contribution in [0.5, 0.6) is 0 Å². The van der Waals surface area contributed by atoms with Crippen LogP contribution in [-0.2, 0) is 6.54 Å². The highest BCUT2D eigenvalue weighted by Gasteiger charge is 2.21. The maximum absolute atomic E-state index is 13.1. The normalized spacial score (nSPS) is 10.9. The number of carbonyl (C=O) groups is 1. The molecular formula is C14H19ClFN5O. The van der Waals surface area contributed by atoms with Crippen molar-refractivity contribution >= 4 is 18.3 Å². The number of aromatic nitrogens is 3. The monoisotopic (exact) mass is 327 g/mol. The Labute approximate surface area is 134 Å². The summed E-state index contributed by atoms with van der Waals surface area (Å²) < 4.78 is 14.6. The highest BCUT2D eigenvalue weighted by Crippen LogP contribution is 2.06. The molecule has 2 rings (SSSR count). The van der Waals surface area contributed by atoms with E-state index < -0.39 is 5.54 Å². The highest BCUT2D eigenvalue weighted by atomic mass is 35.5. The van der Waals surface area contributed by atoms with Crippen LogP contribution in [0.1, 0.15) is 29.9 Å². The molecule has 0 radical (unpaired) electrons. The zero-order valence-electron chi connectivity index (χ0n) is 12.4. The fraction of sp³-hybridized carbons (Fsp3) is 0.357. The molecule has 0 bridgehead atoms. The summed E-state index contributed by atoms with van der Waals surface area (Å²) in [5, 5.41) is 10.5. The van der Waals surface area contributed by atoms with E-state index in [4.69, 9.17) is 5.73 Å². The standard InChI is InChI=1S/C14H18FN5O.ClH/c1-14(2,9-16)17-13(21)12-8-20(19-18-12)7-10-4-3-5-11(15)6-10;/h3-6,8H,7,9,16H2,1-2H3,(H,17,21);1H. The van der Waals surface area contributed by atoms with Gasteiger partial charge in [0.05, 0.1) is 12.7 Å². The lowest BCUT2D eigenvalue weighted by atomic mass is 10.1. The minimum absolute atomic E-state index is 0. The molecule has 22 heavy (non-hydrogen) atoms. The number of nitrogens with two attached hydrogens (primary N) is 1. The lowest BCUT2D eigenvalue weighted by Gasteiger charge is -2.23. The van der Waals surface area contributed by atoms with Crippen LogP contribution < -0.4 is 11.1 Å². The van der Waals surface area contributed by atoms with Gasteiger partial charge in [-0.2, -0.15) is 0 Å². The zero-order chi connectivity index (χ0) is 15.5. The zero-order valence-corrected chi connectivity index (χ0v) is 13.2. The molecule has 0 saturated heterocycles. The van der Waals surface area contributed by atoms with Crippen molar-refractivity contribution in [2.45, 2.75) is 25.9 Å². The molecule has 1 aromatic heterocycles. The topological polar surface area (TPSA) is 85.8 Å². The Morgan fingerprint density at radius 2 is 2.18 bits per heavy atom. The van der Waals surface area contributed by atoms with Crippen molar-refractivity contribution in [1.82, 2.24) is 20.3 Å². The van der Waals surface area contributed by atoms with E-state index in [1.807, 2.05) is 13.8 Å². The third-order valence-electron chi connectivity index (χ3n) is 2.97. The van der Waals surface area contributed by atoms with Gasteiger partial charge in [-0.15, -0.1) is 17.5 Å². The first kappa shape index (κ1) is 18.1. The van der Waals surface area contributed by atoms with Crippen molar-refractivity contribution < 1.29 is 9.18 Å². The molecule has 6 nitrogen and oxygen atoms in total. The molecule has 0 aliphatic rings. The van der Waals surface area contributed by atoms with E-state index in [1.165, 1.54) is 23.0 Å². The van der Waals surface area contributed by atoms with E-state index in [0.29, 0.717) is 13.1 Å². The number of carbonyl (C=O) groups excluding carboxylic acids is 1. The van der Waals surface area contributed by atoms with Gasteiger partial charge in [0.25, 0.3) is 5.91 Å². The van der Waals surface area contributed by atoms with Gasteiger partial charge in [0.1, 0.15) is 5.82 Å². The lowest BCUT2D eigenvalue weighted by Crippen LogP contribution is -2.48. The first-order chi connectivity index (χ1) is 9.89. The average Bonchev–Trinajstić information content (AvgIpc) is 2.87. The summed E-state index contributed by atoms with van der Waals surface area (Å²) >= 11 is 0. The van der Waals surface area contributed by atoms with Crippen molar-refractivity contribution in [2.75, 3.05) is 6.54 Å². The first-order valence-electron chi connectivity index (χ1n) is 6.57. The smallest absolute Gasteiger partial charge is 0.273 e. The molecule has 0 fully saturated rings. The van der Waals surface area contributed by atoms with Crippen LogP contribution in [0.15, 0.2) is 30.5 Å². The number of rotatable bonds is 5.